The molecule has 0 fully saturated rings. The minimum absolute atomic E-state index is 0.245. The molecule has 0 saturated carbocycles. The minimum atomic E-state index is -1.08. The van der Waals surface area contributed by atoms with E-state index in [2.05, 4.69) is 20.6 Å². The Morgan fingerprint density at radius 2 is 2.13 bits per heavy atom. The van der Waals surface area contributed by atoms with E-state index in [-0.39, 0.29) is 11.5 Å². The highest BCUT2D eigenvalue weighted by Gasteiger charge is 2.42. The fourth-order valence-corrected chi connectivity index (χ4v) is 3.48. The molecule has 2 amide bonds. The van der Waals surface area contributed by atoms with Crippen LogP contribution in [-0.4, -0.2) is 22.6 Å². The first-order valence-corrected chi connectivity index (χ1v) is 9.32. The summed E-state index contributed by atoms with van der Waals surface area (Å²) in [6.07, 6.45) is 3.38. The third kappa shape index (κ3) is 3.53. The average Bonchev–Trinajstić information content (AvgIpc) is 2.76. The Labute approximate surface area is 172 Å². The van der Waals surface area contributed by atoms with Crippen LogP contribution in [0, 0.1) is 24.1 Å². The summed E-state index contributed by atoms with van der Waals surface area (Å²) in [6, 6.07) is 12.9. The maximum atomic E-state index is 14.4. The van der Waals surface area contributed by atoms with Crippen molar-refractivity contribution in [3.05, 3.63) is 83.2 Å². The van der Waals surface area contributed by atoms with E-state index in [0.717, 1.165) is 0 Å². The number of urea groups is 1. The zero-order valence-corrected chi connectivity index (χ0v) is 16.1. The summed E-state index contributed by atoms with van der Waals surface area (Å²) in [5, 5.41) is 14.5. The zero-order chi connectivity index (χ0) is 21.1. The van der Waals surface area contributed by atoms with E-state index in [9.17, 15) is 9.18 Å². The molecular formula is C22H18FN5O2. The summed E-state index contributed by atoms with van der Waals surface area (Å²) >= 11 is 0. The third-order valence-corrected chi connectivity index (χ3v) is 5.04. The SMILES string of the molecule is Cc1ccc([C@@]2(NC(=O)Nc3ccc(C#N)nc3)CCOc3cccnc32)cc1F. The normalized spacial score (nSPS) is 17.2. The van der Waals surface area contributed by atoms with E-state index >= 15 is 0 Å². The number of benzene rings is 1. The molecule has 1 atom stereocenters. The van der Waals surface area contributed by atoms with Crippen LogP contribution in [0.1, 0.15) is 28.9 Å². The standard InChI is InChI=1S/C22H18FN5O2/c1-14-4-5-15(11-18(14)23)22(8-10-30-19-3-2-9-25-20(19)22)28-21(29)27-17-7-6-16(12-24)26-13-17/h2-7,9,11,13H,8,10H2,1H3,(H2,27,28,29)/t22-/m0/s1. The molecular weight excluding hydrogens is 385 g/mol. The highest BCUT2D eigenvalue weighted by Crippen LogP contribution is 2.40. The molecule has 1 aliphatic heterocycles. The second-order valence-corrected chi connectivity index (χ2v) is 6.94. The van der Waals surface area contributed by atoms with Gasteiger partial charge in [0, 0.05) is 12.6 Å². The molecule has 8 heteroatoms. The molecule has 0 saturated heterocycles. The fraction of sp³-hybridized carbons (Fsp3) is 0.182. The van der Waals surface area contributed by atoms with Crippen LogP contribution in [0.5, 0.6) is 5.75 Å². The van der Waals surface area contributed by atoms with E-state index in [0.29, 0.717) is 41.3 Å². The Kier molecular flexibility index (Phi) is 5.02. The number of aromatic nitrogens is 2. The molecule has 7 nitrogen and oxygen atoms in total. The number of nitrogens with zero attached hydrogens (tertiary/aromatic N) is 3. The van der Waals surface area contributed by atoms with Crippen LogP contribution in [0.3, 0.4) is 0 Å². The molecule has 3 aromatic rings. The summed E-state index contributed by atoms with van der Waals surface area (Å²) in [5.74, 6) is 0.166. The molecule has 0 aliphatic carbocycles. The van der Waals surface area contributed by atoms with Crippen LogP contribution >= 0.6 is 0 Å². The van der Waals surface area contributed by atoms with Gasteiger partial charge in [-0.25, -0.2) is 14.2 Å². The predicted octanol–water partition coefficient (Wildman–Crippen LogP) is 3.64. The molecule has 30 heavy (non-hydrogen) atoms. The lowest BCUT2D eigenvalue weighted by molar-refractivity contribution is 0.200. The van der Waals surface area contributed by atoms with Crippen molar-refractivity contribution >= 4 is 11.7 Å². The molecule has 1 aromatic carbocycles. The monoisotopic (exact) mass is 403 g/mol. The number of amides is 2. The van der Waals surface area contributed by atoms with Gasteiger partial charge in [0.05, 0.1) is 18.5 Å². The van der Waals surface area contributed by atoms with Gasteiger partial charge in [-0.15, -0.1) is 0 Å². The number of hydrogen-bond acceptors (Lipinski definition) is 5. The lowest BCUT2D eigenvalue weighted by atomic mass is 9.81. The topological polar surface area (TPSA) is 99.9 Å². The summed E-state index contributed by atoms with van der Waals surface area (Å²) in [4.78, 5) is 21.3. The van der Waals surface area contributed by atoms with Gasteiger partial charge >= 0.3 is 6.03 Å². The van der Waals surface area contributed by atoms with Gasteiger partial charge in [-0.2, -0.15) is 5.26 Å². The molecule has 150 valence electrons. The smallest absolute Gasteiger partial charge is 0.320 e. The van der Waals surface area contributed by atoms with Gasteiger partial charge in [-0.3, -0.25) is 4.98 Å². The number of nitriles is 1. The number of anilines is 1. The van der Waals surface area contributed by atoms with Crippen LogP contribution in [-0.2, 0) is 5.54 Å². The Bertz CT molecular complexity index is 1140. The number of ether oxygens (including phenoxy) is 1. The number of hydrogen-bond donors (Lipinski definition) is 2. The van der Waals surface area contributed by atoms with Crippen molar-refractivity contribution in [3.63, 3.8) is 0 Å². The molecule has 2 aromatic heterocycles. The summed E-state index contributed by atoms with van der Waals surface area (Å²) < 4.78 is 20.1. The van der Waals surface area contributed by atoms with Gasteiger partial charge in [0.25, 0.3) is 0 Å². The largest absolute Gasteiger partial charge is 0.491 e. The fourth-order valence-electron chi connectivity index (χ4n) is 3.48. The average molecular weight is 403 g/mol. The quantitative estimate of drug-likeness (QED) is 0.695. The van der Waals surface area contributed by atoms with E-state index in [4.69, 9.17) is 10.00 Å². The van der Waals surface area contributed by atoms with E-state index in [1.165, 1.54) is 18.3 Å². The van der Waals surface area contributed by atoms with E-state index in [1.807, 2.05) is 6.07 Å². The summed E-state index contributed by atoms with van der Waals surface area (Å²) in [7, 11) is 0. The van der Waals surface area contributed by atoms with Crippen LogP contribution < -0.4 is 15.4 Å². The number of pyridine rings is 2. The van der Waals surface area contributed by atoms with Crippen LogP contribution in [0.2, 0.25) is 0 Å². The highest BCUT2D eigenvalue weighted by molar-refractivity contribution is 5.90. The molecule has 0 radical (unpaired) electrons. The van der Waals surface area contributed by atoms with Gasteiger partial charge < -0.3 is 15.4 Å². The first kappa shape index (κ1) is 19.3. The van der Waals surface area contributed by atoms with Gasteiger partial charge in [-0.05, 0) is 48.4 Å². The Hall–Kier alpha value is -3.99. The molecule has 1 aliphatic rings. The third-order valence-electron chi connectivity index (χ3n) is 5.04. The highest BCUT2D eigenvalue weighted by atomic mass is 19.1. The molecule has 0 unspecified atom stereocenters. The van der Waals surface area contributed by atoms with Crippen LogP contribution in [0.4, 0.5) is 14.9 Å². The van der Waals surface area contributed by atoms with Crippen molar-refractivity contribution in [2.75, 3.05) is 11.9 Å². The van der Waals surface area contributed by atoms with Crippen molar-refractivity contribution in [2.24, 2.45) is 0 Å². The molecule has 3 heterocycles. The number of halogens is 1. The van der Waals surface area contributed by atoms with Crippen LogP contribution in [0.25, 0.3) is 0 Å². The Morgan fingerprint density at radius 1 is 1.27 bits per heavy atom. The number of nitrogens with one attached hydrogen (secondary N) is 2. The van der Waals surface area contributed by atoms with E-state index < -0.39 is 11.6 Å². The first-order valence-electron chi connectivity index (χ1n) is 9.32. The number of rotatable bonds is 3. The van der Waals surface area contributed by atoms with E-state index in [1.54, 1.807) is 43.5 Å². The van der Waals surface area contributed by atoms with Crippen molar-refractivity contribution in [3.8, 4) is 11.8 Å². The lowest BCUT2D eigenvalue weighted by Crippen LogP contribution is -2.51. The maximum Gasteiger partial charge on any atom is 0.320 e. The first-order chi connectivity index (χ1) is 14.5. The zero-order valence-electron chi connectivity index (χ0n) is 16.1. The van der Waals surface area contributed by atoms with Crippen molar-refractivity contribution in [1.82, 2.24) is 15.3 Å². The van der Waals surface area contributed by atoms with Crippen LogP contribution in [0.15, 0.2) is 54.9 Å². The van der Waals surface area contributed by atoms with Gasteiger partial charge in [0.2, 0.25) is 0 Å². The van der Waals surface area contributed by atoms with Crippen molar-refractivity contribution in [1.29, 1.82) is 5.26 Å². The predicted molar refractivity (Wildman–Crippen MR) is 107 cm³/mol. The second-order valence-electron chi connectivity index (χ2n) is 6.94. The number of aryl methyl sites for hydroxylation is 1. The summed E-state index contributed by atoms with van der Waals surface area (Å²) in [5.41, 5.74) is 1.18. The van der Waals surface area contributed by atoms with Gasteiger partial charge in [0.15, 0.2) is 0 Å². The lowest BCUT2D eigenvalue weighted by Gasteiger charge is -2.39. The number of fused-ring (bicyclic) bond motifs is 1. The molecule has 2 N–H and O–H groups in total. The Morgan fingerprint density at radius 3 is 2.87 bits per heavy atom. The van der Waals surface area contributed by atoms with Crippen molar-refractivity contribution in [2.45, 2.75) is 18.9 Å². The van der Waals surface area contributed by atoms with Crippen molar-refractivity contribution < 1.29 is 13.9 Å². The maximum absolute atomic E-state index is 14.4. The molecule has 0 spiro atoms. The molecule has 4 rings (SSSR count). The van der Waals surface area contributed by atoms with Gasteiger partial charge in [0.1, 0.15) is 34.6 Å². The Balaban J connectivity index is 1.72. The minimum Gasteiger partial charge on any atom is -0.491 e. The number of carbonyl (C=O) groups is 1. The van der Waals surface area contributed by atoms with Gasteiger partial charge in [-0.1, -0.05) is 12.1 Å². The second kappa shape index (κ2) is 7.79. The summed E-state index contributed by atoms with van der Waals surface area (Å²) in [6.45, 7) is 2.01. The molecule has 0 bridgehead atoms. The number of carbonyl (C=O) groups excluding carboxylic acids is 1.